The van der Waals surface area contributed by atoms with E-state index in [9.17, 15) is 4.79 Å². The van der Waals surface area contributed by atoms with Gasteiger partial charge in [0.15, 0.2) is 11.5 Å². The number of furan rings is 1. The van der Waals surface area contributed by atoms with Crippen LogP contribution in [-0.2, 0) is 0 Å². The molecule has 0 saturated heterocycles. The summed E-state index contributed by atoms with van der Waals surface area (Å²) in [5.74, 6) is 0.923. The van der Waals surface area contributed by atoms with Gasteiger partial charge in [0.2, 0.25) is 5.88 Å². The fourth-order valence-electron chi connectivity index (χ4n) is 2.32. The van der Waals surface area contributed by atoms with Crippen molar-refractivity contribution in [3.63, 3.8) is 0 Å². The van der Waals surface area contributed by atoms with Gasteiger partial charge in [-0.3, -0.25) is 4.79 Å². The van der Waals surface area contributed by atoms with Gasteiger partial charge in [0.25, 0.3) is 5.91 Å². The number of unbranched alkanes of at least 4 members (excludes halogenated alkanes) is 2. The number of rotatable bonds is 7. The van der Waals surface area contributed by atoms with E-state index in [2.05, 4.69) is 17.4 Å². The van der Waals surface area contributed by atoms with Gasteiger partial charge in [-0.15, -0.1) is 0 Å². The third kappa shape index (κ3) is 3.69. The SMILES string of the molecule is CCCCCC(C)NC(=O)c1c(-c2ccc(C)o2)noc1N. The molecule has 2 aromatic heterocycles. The van der Waals surface area contributed by atoms with Crippen LogP contribution < -0.4 is 11.1 Å². The summed E-state index contributed by atoms with van der Waals surface area (Å²) >= 11 is 0. The van der Waals surface area contributed by atoms with Crippen molar-refractivity contribution in [1.29, 1.82) is 0 Å². The molecule has 0 fully saturated rings. The summed E-state index contributed by atoms with van der Waals surface area (Å²) in [5, 5.41) is 6.79. The lowest BCUT2D eigenvalue weighted by Crippen LogP contribution is -2.33. The molecule has 1 unspecified atom stereocenters. The molecular formula is C16H23N3O3. The lowest BCUT2D eigenvalue weighted by Gasteiger charge is -2.13. The topological polar surface area (TPSA) is 94.3 Å². The molecule has 0 bridgehead atoms. The number of nitrogens with zero attached hydrogens (tertiary/aromatic N) is 1. The summed E-state index contributed by atoms with van der Waals surface area (Å²) < 4.78 is 10.5. The van der Waals surface area contributed by atoms with Crippen LogP contribution in [0.5, 0.6) is 0 Å². The van der Waals surface area contributed by atoms with E-state index in [0.717, 1.165) is 31.4 Å². The fraction of sp³-hybridized carbons (Fsp3) is 0.500. The molecule has 1 atom stereocenters. The maximum atomic E-state index is 12.4. The molecule has 2 heterocycles. The van der Waals surface area contributed by atoms with Gasteiger partial charge < -0.3 is 20.0 Å². The molecule has 120 valence electrons. The molecule has 0 aromatic carbocycles. The van der Waals surface area contributed by atoms with Crippen molar-refractivity contribution >= 4 is 11.8 Å². The number of nitrogens with two attached hydrogens (primary N) is 1. The number of carbonyl (C=O) groups excluding carboxylic acids is 1. The van der Waals surface area contributed by atoms with Crippen molar-refractivity contribution in [2.24, 2.45) is 0 Å². The molecule has 22 heavy (non-hydrogen) atoms. The van der Waals surface area contributed by atoms with Gasteiger partial charge >= 0.3 is 0 Å². The number of amides is 1. The molecule has 2 rings (SSSR count). The Labute approximate surface area is 130 Å². The number of nitrogen functional groups attached to an aromatic ring is 1. The van der Waals surface area contributed by atoms with Gasteiger partial charge in [-0.25, -0.2) is 0 Å². The Kier molecular flexibility index (Phi) is 5.25. The molecule has 0 spiro atoms. The maximum Gasteiger partial charge on any atom is 0.259 e. The van der Waals surface area contributed by atoms with Crippen LogP contribution in [0.25, 0.3) is 11.5 Å². The Hall–Kier alpha value is -2.24. The van der Waals surface area contributed by atoms with Crippen LogP contribution in [-0.4, -0.2) is 17.1 Å². The van der Waals surface area contributed by atoms with Gasteiger partial charge in [-0.05, 0) is 32.4 Å². The normalized spacial score (nSPS) is 12.3. The molecule has 0 aliphatic carbocycles. The predicted octanol–water partition coefficient (Wildman–Crippen LogP) is 3.52. The van der Waals surface area contributed by atoms with E-state index >= 15 is 0 Å². The second-order valence-electron chi connectivity index (χ2n) is 5.55. The summed E-state index contributed by atoms with van der Waals surface area (Å²) in [4.78, 5) is 12.4. The monoisotopic (exact) mass is 305 g/mol. The number of nitrogens with one attached hydrogen (secondary N) is 1. The number of hydrogen-bond acceptors (Lipinski definition) is 5. The molecule has 1 amide bonds. The molecular weight excluding hydrogens is 282 g/mol. The van der Waals surface area contributed by atoms with E-state index < -0.39 is 0 Å². The number of hydrogen-bond donors (Lipinski definition) is 2. The average molecular weight is 305 g/mol. The summed E-state index contributed by atoms with van der Waals surface area (Å²) in [6.45, 7) is 5.95. The van der Waals surface area contributed by atoms with Crippen LogP contribution in [0.3, 0.4) is 0 Å². The number of aryl methyl sites for hydroxylation is 1. The lowest BCUT2D eigenvalue weighted by molar-refractivity contribution is 0.0939. The summed E-state index contributed by atoms with van der Waals surface area (Å²) in [6.07, 6.45) is 4.33. The average Bonchev–Trinajstić information content (AvgIpc) is 3.05. The first-order valence-electron chi connectivity index (χ1n) is 7.65. The Bertz CT molecular complexity index is 630. The van der Waals surface area contributed by atoms with E-state index in [1.165, 1.54) is 0 Å². The van der Waals surface area contributed by atoms with Gasteiger partial charge in [0, 0.05) is 6.04 Å². The Morgan fingerprint density at radius 1 is 1.41 bits per heavy atom. The van der Waals surface area contributed by atoms with E-state index in [1.54, 1.807) is 12.1 Å². The van der Waals surface area contributed by atoms with Crippen molar-refractivity contribution in [2.45, 2.75) is 52.5 Å². The number of carbonyl (C=O) groups is 1. The minimum atomic E-state index is -0.285. The third-order valence-corrected chi connectivity index (χ3v) is 3.54. The lowest BCUT2D eigenvalue weighted by atomic mass is 10.1. The molecule has 0 saturated carbocycles. The highest BCUT2D eigenvalue weighted by molar-refractivity contribution is 6.03. The zero-order chi connectivity index (χ0) is 16.1. The largest absolute Gasteiger partial charge is 0.460 e. The van der Waals surface area contributed by atoms with Crippen molar-refractivity contribution in [2.75, 3.05) is 5.73 Å². The van der Waals surface area contributed by atoms with Crippen molar-refractivity contribution in [3.05, 3.63) is 23.5 Å². The zero-order valence-electron chi connectivity index (χ0n) is 13.3. The number of anilines is 1. The van der Waals surface area contributed by atoms with Crippen LogP contribution in [0.15, 0.2) is 21.1 Å². The van der Waals surface area contributed by atoms with E-state index in [0.29, 0.717) is 11.5 Å². The van der Waals surface area contributed by atoms with Crippen LogP contribution in [0.4, 0.5) is 5.88 Å². The first-order valence-corrected chi connectivity index (χ1v) is 7.65. The van der Waals surface area contributed by atoms with Gasteiger partial charge in [0.05, 0.1) is 0 Å². The van der Waals surface area contributed by atoms with Crippen LogP contribution >= 0.6 is 0 Å². The summed E-state index contributed by atoms with van der Waals surface area (Å²) in [5.41, 5.74) is 6.32. The second kappa shape index (κ2) is 7.15. The van der Waals surface area contributed by atoms with Crippen LogP contribution in [0.1, 0.15) is 55.6 Å². The smallest absolute Gasteiger partial charge is 0.259 e. The van der Waals surface area contributed by atoms with Crippen LogP contribution in [0.2, 0.25) is 0 Å². The highest BCUT2D eigenvalue weighted by Crippen LogP contribution is 2.28. The Morgan fingerprint density at radius 2 is 2.18 bits per heavy atom. The fourth-order valence-corrected chi connectivity index (χ4v) is 2.32. The Morgan fingerprint density at radius 3 is 2.82 bits per heavy atom. The third-order valence-electron chi connectivity index (χ3n) is 3.54. The van der Waals surface area contributed by atoms with Crippen molar-refractivity contribution < 1.29 is 13.7 Å². The summed E-state index contributed by atoms with van der Waals surface area (Å²) in [7, 11) is 0. The summed E-state index contributed by atoms with van der Waals surface area (Å²) in [6, 6.07) is 3.61. The van der Waals surface area contributed by atoms with Gasteiger partial charge in [0.1, 0.15) is 11.3 Å². The van der Waals surface area contributed by atoms with Gasteiger partial charge in [-0.1, -0.05) is 31.3 Å². The first kappa shape index (κ1) is 16.1. The maximum absolute atomic E-state index is 12.4. The number of aromatic nitrogens is 1. The van der Waals surface area contributed by atoms with Gasteiger partial charge in [-0.2, -0.15) is 0 Å². The molecule has 6 nitrogen and oxygen atoms in total. The minimum Gasteiger partial charge on any atom is -0.460 e. The highest BCUT2D eigenvalue weighted by Gasteiger charge is 2.25. The zero-order valence-corrected chi connectivity index (χ0v) is 13.3. The first-order chi connectivity index (χ1) is 10.5. The van der Waals surface area contributed by atoms with E-state index in [4.69, 9.17) is 14.7 Å². The molecule has 6 heteroatoms. The predicted molar refractivity (Wildman–Crippen MR) is 84.4 cm³/mol. The highest BCUT2D eigenvalue weighted by atomic mass is 16.5. The van der Waals surface area contributed by atoms with Crippen molar-refractivity contribution in [3.8, 4) is 11.5 Å². The molecule has 0 aliphatic rings. The molecule has 0 aliphatic heterocycles. The van der Waals surface area contributed by atoms with E-state index in [-0.39, 0.29) is 23.4 Å². The molecule has 2 aromatic rings. The second-order valence-corrected chi connectivity index (χ2v) is 5.55. The standard InChI is InChI=1S/C16H23N3O3/c1-4-5-6-7-10(2)18-16(20)13-14(19-22-15(13)17)12-9-8-11(3)21-12/h8-10H,4-7,17H2,1-3H3,(H,18,20). The van der Waals surface area contributed by atoms with Crippen molar-refractivity contribution in [1.82, 2.24) is 10.5 Å². The quantitative estimate of drug-likeness (QED) is 0.763. The van der Waals surface area contributed by atoms with Crippen LogP contribution in [0, 0.1) is 6.92 Å². The Balaban J connectivity index is 2.11. The molecule has 0 radical (unpaired) electrons. The minimum absolute atomic E-state index is 0.00214. The molecule has 3 N–H and O–H groups in total. The van der Waals surface area contributed by atoms with E-state index in [1.807, 2.05) is 13.8 Å².